The van der Waals surface area contributed by atoms with Crippen molar-refractivity contribution in [3.63, 3.8) is 0 Å². The fraction of sp³-hybridized carbons (Fsp3) is 0.312. The lowest BCUT2D eigenvalue weighted by atomic mass is 10.0. The Labute approximate surface area is 113 Å². The average Bonchev–Trinajstić information content (AvgIpc) is 2.83. The van der Waals surface area contributed by atoms with Gasteiger partial charge in [-0.15, -0.1) is 0 Å². The zero-order valence-corrected chi connectivity index (χ0v) is 11.8. The molecule has 3 heteroatoms. The summed E-state index contributed by atoms with van der Waals surface area (Å²) in [5.74, 6) is -0.295. The van der Waals surface area contributed by atoms with E-state index < -0.39 is 0 Å². The molecular weight excluding hydrogens is 238 g/mol. The molecule has 0 unspecified atom stereocenters. The highest BCUT2D eigenvalue weighted by atomic mass is 16.5. The number of rotatable bonds is 3. The van der Waals surface area contributed by atoms with Crippen LogP contribution in [0.4, 0.5) is 0 Å². The number of methoxy groups -OCH3 is 1. The van der Waals surface area contributed by atoms with Crippen LogP contribution in [0.25, 0.3) is 11.1 Å². The molecule has 0 saturated carbocycles. The highest BCUT2D eigenvalue weighted by Gasteiger charge is 2.17. The van der Waals surface area contributed by atoms with Crippen molar-refractivity contribution in [2.75, 3.05) is 7.11 Å². The van der Waals surface area contributed by atoms with Crippen molar-refractivity contribution in [1.29, 1.82) is 0 Å². The number of hydrogen-bond donors (Lipinski definition) is 0. The number of benzene rings is 1. The maximum Gasteiger partial charge on any atom is 0.340 e. The maximum atomic E-state index is 11.9. The van der Waals surface area contributed by atoms with Crippen LogP contribution in [0, 0.1) is 6.92 Å². The van der Waals surface area contributed by atoms with Crippen LogP contribution in [0.15, 0.2) is 36.7 Å². The smallest absolute Gasteiger partial charge is 0.340 e. The molecule has 0 amide bonds. The molecule has 0 radical (unpaired) electrons. The first kappa shape index (κ1) is 13.4. The molecule has 1 aromatic heterocycles. The van der Waals surface area contributed by atoms with E-state index in [1.807, 2.05) is 42.1 Å². The highest BCUT2D eigenvalue weighted by molar-refractivity contribution is 5.97. The van der Waals surface area contributed by atoms with E-state index in [1.54, 1.807) is 0 Å². The molecule has 19 heavy (non-hydrogen) atoms. The SMILES string of the molecule is COC(=O)c1cn(C(C)C)cc1-c1cccc(C)c1. The second-order valence-electron chi connectivity index (χ2n) is 4.99. The second kappa shape index (κ2) is 5.31. The number of aromatic nitrogens is 1. The van der Waals surface area contributed by atoms with E-state index >= 15 is 0 Å². The number of ether oxygens (including phenoxy) is 1. The zero-order chi connectivity index (χ0) is 14.0. The van der Waals surface area contributed by atoms with Crippen molar-refractivity contribution < 1.29 is 9.53 Å². The minimum atomic E-state index is -0.295. The monoisotopic (exact) mass is 257 g/mol. The van der Waals surface area contributed by atoms with Gasteiger partial charge in [0.1, 0.15) is 0 Å². The summed E-state index contributed by atoms with van der Waals surface area (Å²) in [6, 6.07) is 8.44. The van der Waals surface area contributed by atoms with Gasteiger partial charge in [-0.1, -0.05) is 29.8 Å². The van der Waals surface area contributed by atoms with E-state index in [9.17, 15) is 4.79 Å². The minimum absolute atomic E-state index is 0.295. The molecule has 100 valence electrons. The Morgan fingerprint density at radius 3 is 2.58 bits per heavy atom. The predicted octanol–water partition coefficient (Wildman–Crippen LogP) is 3.83. The molecule has 0 aliphatic rings. The second-order valence-corrected chi connectivity index (χ2v) is 4.99. The van der Waals surface area contributed by atoms with Gasteiger partial charge in [-0.3, -0.25) is 0 Å². The van der Waals surface area contributed by atoms with Crippen LogP contribution in [0.1, 0.15) is 35.8 Å². The van der Waals surface area contributed by atoms with Gasteiger partial charge in [-0.25, -0.2) is 4.79 Å². The summed E-state index contributed by atoms with van der Waals surface area (Å²) in [4.78, 5) is 11.9. The van der Waals surface area contributed by atoms with E-state index in [4.69, 9.17) is 4.74 Å². The van der Waals surface area contributed by atoms with Crippen LogP contribution in [0.5, 0.6) is 0 Å². The Kier molecular flexibility index (Phi) is 3.74. The molecule has 0 aliphatic heterocycles. The van der Waals surface area contributed by atoms with Gasteiger partial charge in [0.25, 0.3) is 0 Å². The van der Waals surface area contributed by atoms with Gasteiger partial charge in [0.05, 0.1) is 12.7 Å². The molecule has 0 bridgehead atoms. The quantitative estimate of drug-likeness (QED) is 0.782. The molecule has 2 aromatic rings. The molecule has 0 spiro atoms. The molecular formula is C16H19NO2. The van der Waals surface area contributed by atoms with E-state index in [1.165, 1.54) is 12.7 Å². The molecule has 3 nitrogen and oxygen atoms in total. The van der Waals surface area contributed by atoms with Crippen LogP contribution in [0.2, 0.25) is 0 Å². The van der Waals surface area contributed by atoms with Crippen molar-refractivity contribution in [2.24, 2.45) is 0 Å². The molecule has 1 heterocycles. The molecule has 1 aromatic carbocycles. The van der Waals surface area contributed by atoms with Crippen LogP contribution in [0.3, 0.4) is 0 Å². The third-order valence-electron chi connectivity index (χ3n) is 3.18. The van der Waals surface area contributed by atoms with E-state index in [0.717, 1.165) is 11.1 Å². The number of carbonyl (C=O) groups is 1. The van der Waals surface area contributed by atoms with Gasteiger partial charge in [-0.05, 0) is 26.3 Å². The first-order chi connectivity index (χ1) is 9.02. The van der Waals surface area contributed by atoms with E-state index in [0.29, 0.717) is 11.6 Å². The van der Waals surface area contributed by atoms with Gasteiger partial charge in [0.15, 0.2) is 0 Å². The Hall–Kier alpha value is -2.03. The van der Waals surface area contributed by atoms with Gasteiger partial charge in [-0.2, -0.15) is 0 Å². The summed E-state index contributed by atoms with van der Waals surface area (Å²) in [5.41, 5.74) is 3.75. The van der Waals surface area contributed by atoms with E-state index in [2.05, 4.69) is 19.9 Å². The lowest BCUT2D eigenvalue weighted by Gasteiger charge is -2.05. The third-order valence-corrected chi connectivity index (χ3v) is 3.18. The molecule has 0 atom stereocenters. The van der Waals surface area contributed by atoms with E-state index in [-0.39, 0.29) is 5.97 Å². The lowest BCUT2D eigenvalue weighted by Crippen LogP contribution is -2.02. The third kappa shape index (κ3) is 2.70. The van der Waals surface area contributed by atoms with Gasteiger partial charge in [0, 0.05) is 24.0 Å². The normalized spacial score (nSPS) is 10.8. The lowest BCUT2D eigenvalue weighted by molar-refractivity contribution is 0.0601. The standard InChI is InChI=1S/C16H19NO2/c1-11(2)17-9-14(15(10-17)16(18)19-4)13-7-5-6-12(3)8-13/h5-11H,1-4H3. The molecule has 0 aliphatic carbocycles. The zero-order valence-electron chi connectivity index (χ0n) is 11.8. The maximum absolute atomic E-state index is 11.9. The number of carbonyl (C=O) groups excluding carboxylic acids is 1. The first-order valence-corrected chi connectivity index (χ1v) is 6.39. The summed E-state index contributed by atoms with van der Waals surface area (Å²) in [6.07, 6.45) is 3.86. The number of esters is 1. The summed E-state index contributed by atoms with van der Waals surface area (Å²) in [5, 5.41) is 0. The average molecular weight is 257 g/mol. The van der Waals surface area contributed by atoms with Gasteiger partial charge < -0.3 is 9.30 Å². The Bertz CT molecular complexity index is 597. The van der Waals surface area contributed by atoms with Crippen LogP contribution >= 0.6 is 0 Å². The number of hydrogen-bond acceptors (Lipinski definition) is 2. The highest BCUT2D eigenvalue weighted by Crippen LogP contribution is 2.27. The Balaban J connectivity index is 2.57. The summed E-state index contributed by atoms with van der Waals surface area (Å²) >= 11 is 0. The predicted molar refractivity (Wildman–Crippen MR) is 76.3 cm³/mol. The number of aryl methyl sites for hydroxylation is 1. The van der Waals surface area contributed by atoms with Gasteiger partial charge in [0.2, 0.25) is 0 Å². The minimum Gasteiger partial charge on any atom is -0.465 e. The molecule has 0 saturated heterocycles. The summed E-state index contributed by atoms with van der Waals surface area (Å²) in [6.45, 7) is 6.21. The summed E-state index contributed by atoms with van der Waals surface area (Å²) < 4.78 is 6.90. The summed E-state index contributed by atoms with van der Waals surface area (Å²) in [7, 11) is 1.41. The fourth-order valence-corrected chi connectivity index (χ4v) is 2.09. The Morgan fingerprint density at radius 2 is 2.00 bits per heavy atom. The van der Waals surface area contributed by atoms with Crippen molar-refractivity contribution in [1.82, 2.24) is 4.57 Å². The van der Waals surface area contributed by atoms with Crippen molar-refractivity contribution in [3.8, 4) is 11.1 Å². The molecule has 2 rings (SSSR count). The van der Waals surface area contributed by atoms with Crippen molar-refractivity contribution in [3.05, 3.63) is 47.8 Å². The molecule has 0 fully saturated rings. The van der Waals surface area contributed by atoms with Crippen molar-refractivity contribution >= 4 is 5.97 Å². The molecule has 0 N–H and O–H groups in total. The fourth-order valence-electron chi connectivity index (χ4n) is 2.09. The number of nitrogens with zero attached hydrogens (tertiary/aromatic N) is 1. The van der Waals surface area contributed by atoms with Crippen LogP contribution in [-0.2, 0) is 4.74 Å². The Morgan fingerprint density at radius 1 is 1.26 bits per heavy atom. The topological polar surface area (TPSA) is 31.2 Å². The van der Waals surface area contributed by atoms with Gasteiger partial charge >= 0.3 is 5.97 Å². The largest absolute Gasteiger partial charge is 0.465 e. The first-order valence-electron chi connectivity index (χ1n) is 6.39. The van der Waals surface area contributed by atoms with Crippen LogP contribution in [-0.4, -0.2) is 17.6 Å². The van der Waals surface area contributed by atoms with Crippen LogP contribution < -0.4 is 0 Å². The van der Waals surface area contributed by atoms with Crippen molar-refractivity contribution in [2.45, 2.75) is 26.8 Å².